The van der Waals surface area contributed by atoms with E-state index in [0.29, 0.717) is 29.9 Å². The number of piperidine rings is 1. The summed E-state index contributed by atoms with van der Waals surface area (Å²) in [6, 6.07) is 7.35. The first kappa shape index (κ1) is 16.5. The Hall–Kier alpha value is -2.37. The first-order valence-electron chi connectivity index (χ1n) is 8.49. The molecule has 0 aliphatic carbocycles. The van der Waals surface area contributed by atoms with Crippen LogP contribution in [0.3, 0.4) is 0 Å². The summed E-state index contributed by atoms with van der Waals surface area (Å²) in [5, 5.41) is 7.96. The van der Waals surface area contributed by atoms with Crippen LogP contribution in [0, 0.1) is 5.92 Å². The van der Waals surface area contributed by atoms with Crippen molar-refractivity contribution in [2.75, 3.05) is 19.7 Å². The molecule has 0 N–H and O–H groups in total. The largest absolute Gasteiger partial charge is 0.484 e. The van der Waals surface area contributed by atoms with E-state index in [-0.39, 0.29) is 12.5 Å². The average Bonchev–Trinajstić information content (AvgIpc) is 3.10. The zero-order valence-electron chi connectivity index (χ0n) is 14.2. The van der Waals surface area contributed by atoms with Gasteiger partial charge in [0.1, 0.15) is 5.75 Å². The van der Waals surface area contributed by atoms with Crippen molar-refractivity contribution in [2.45, 2.75) is 33.1 Å². The van der Waals surface area contributed by atoms with Gasteiger partial charge in [-0.15, -0.1) is 10.2 Å². The molecule has 1 saturated heterocycles. The normalized spacial score (nSPS) is 15.5. The van der Waals surface area contributed by atoms with Crippen LogP contribution in [-0.2, 0) is 11.2 Å². The molecule has 6 heteroatoms. The summed E-state index contributed by atoms with van der Waals surface area (Å²) in [6.45, 7) is 5.94. The van der Waals surface area contributed by atoms with E-state index in [1.807, 2.05) is 36.1 Å². The van der Waals surface area contributed by atoms with Crippen molar-refractivity contribution in [2.24, 2.45) is 5.92 Å². The summed E-state index contributed by atoms with van der Waals surface area (Å²) in [5.74, 6) is 2.53. The SMILES string of the molecule is CCc1nnc(-c2ccc(OCC(=O)N3CCC(C)CC3)cc2)o1. The maximum absolute atomic E-state index is 12.2. The molecule has 0 atom stereocenters. The number of hydrogen-bond donors (Lipinski definition) is 0. The van der Waals surface area contributed by atoms with Crippen molar-refractivity contribution < 1.29 is 13.9 Å². The summed E-state index contributed by atoms with van der Waals surface area (Å²) in [6.07, 6.45) is 2.86. The Labute approximate surface area is 141 Å². The fourth-order valence-electron chi connectivity index (χ4n) is 2.70. The van der Waals surface area contributed by atoms with Crippen LogP contribution in [0.2, 0.25) is 0 Å². The van der Waals surface area contributed by atoms with Crippen molar-refractivity contribution in [3.63, 3.8) is 0 Å². The van der Waals surface area contributed by atoms with Gasteiger partial charge in [-0.1, -0.05) is 13.8 Å². The minimum Gasteiger partial charge on any atom is -0.484 e. The molecule has 1 amide bonds. The maximum Gasteiger partial charge on any atom is 0.260 e. The Morgan fingerprint density at radius 2 is 1.96 bits per heavy atom. The fraction of sp³-hybridized carbons (Fsp3) is 0.500. The zero-order chi connectivity index (χ0) is 16.9. The number of carbonyl (C=O) groups excluding carboxylic acids is 1. The van der Waals surface area contributed by atoms with Crippen LogP contribution in [0.4, 0.5) is 0 Å². The molecule has 1 aliphatic rings. The summed E-state index contributed by atoms with van der Waals surface area (Å²) in [5.41, 5.74) is 0.839. The van der Waals surface area contributed by atoms with Gasteiger partial charge in [0.25, 0.3) is 5.91 Å². The number of rotatable bonds is 5. The Bertz CT molecular complexity index is 673. The number of hydrogen-bond acceptors (Lipinski definition) is 5. The van der Waals surface area contributed by atoms with E-state index in [1.54, 1.807) is 0 Å². The first-order valence-corrected chi connectivity index (χ1v) is 8.49. The van der Waals surface area contributed by atoms with E-state index in [9.17, 15) is 4.79 Å². The Kier molecular flexibility index (Phi) is 5.13. The smallest absolute Gasteiger partial charge is 0.260 e. The molecule has 0 unspecified atom stereocenters. The summed E-state index contributed by atoms with van der Waals surface area (Å²) < 4.78 is 11.1. The van der Waals surface area contributed by atoms with Crippen LogP contribution in [0.25, 0.3) is 11.5 Å². The third-order valence-corrected chi connectivity index (χ3v) is 4.37. The molecule has 128 valence electrons. The second-order valence-corrected chi connectivity index (χ2v) is 6.23. The molecule has 3 rings (SSSR count). The molecule has 0 spiro atoms. The van der Waals surface area contributed by atoms with E-state index in [0.717, 1.165) is 31.5 Å². The topological polar surface area (TPSA) is 68.5 Å². The fourth-order valence-corrected chi connectivity index (χ4v) is 2.70. The molecule has 1 fully saturated rings. The summed E-state index contributed by atoms with van der Waals surface area (Å²) in [4.78, 5) is 14.1. The number of ether oxygens (including phenoxy) is 1. The Morgan fingerprint density at radius 3 is 2.58 bits per heavy atom. The van der Waals surface area contributed by atoms with Crippen molar-refractivity contribution in [3.8, 4) is 17.2 Å². The van der Waals surface area contributed by atoms with Gasteiger partial charge in [-0.2, -0.15) is 0 Å². The lowest BCUT2D eigenvalue weighted by molar-refractivity contribution is -0.134. The molecule has 2 aromatic rings. The second-order valence-electron chi connectivity index (χ2n) is 6.23. The maximum atomic E-state index is 12.2. The van der Waals surface area contributed by atoms with Crippen molar-refractivity contribution in [1.29, 1.82) is 0 Å². The molecule has 6 nitrogen and oxygen atoms in total. The number of nitrogens with zero attached hydrogens (tertiary/aromatic N) is 3. The standard InChI is InChI=1S/C18H23N3O3/c1-3-16-19-20-18(24-16)14-4-6-15(7-5-14)23-12-17(22)21-10-8-13(2)9-11-21/h4-7,13H,3,8-12H2,1-2H3. The van der Waals surface area contributed by atoms with E-state index in [4.69, 9.17) is 9.15 Å². The van der Waals surface area contributed by atoms with E-state index < -0.39 is 0 Å². The van der Waals surface area contributed by atoms with Crippen molar-refractivity contribution >= 4 is 5.91 Å². The molecule has 0 bridgehead atoms. The molecule has 1 aromatic carbocycles. The Morgan fingerprint density at radius 1 is 1.25 bits per heavy atom. The first-order chi connectivity index (χ1) is 11.7. The van der Waals surface area contributed by atoms with Gasteiger partial charge in [0.2, 0.25) is 11.8 Å². The molecular weight excluding hydrogens is 306 g/mol. The van der Waals surface area contributed by atoms with E-state index in [1.165, 1.54) is 0 Å². The van der Waals surface area contributed by atoms with Crippen LogP contribution >= 0.6 is 0 Å². The highest BCUT2D eigenvalue weighted by Crippen LogP contribution is 2.22. The molecule has 1 aromatic heterocycles. The Balaban J connectivity index is 1.53. The number of amides is 1. The van der Waals surface area contributed by atoms with Gasteiger partial charge in [-0.3, -0.25) is 4.79 Å². The predicted molar refractivity (Wildman–Crippen MR) is 89.6 cm³/mol. The van der Waals surface area contributed by atoms with Crippen LogP contribution in [0.1, 0.15) is 32.6 Å². The van der Waals surface area contributed by atoms with Crippen molar-refractivity contribution in [1.82, 2.24) is 15.1 Å². The van der Waals surface area contributed by atoms with E-state index >= 15 is 0 Å². The predicted octanol–water partition coefficient (Wildman–Crippen LogP) is 2.94. The number of carbonyl (C=O) groups is 1. The number of aryl methyl sites for hydroxylation is 1. The minimum absolute atomic E-state index is 0.0514. The quantitative estimate of drug-likeness (QED) is 0.843. The highest BCUT2D eigenvalue weighted by atomic mass is 16.5. The van der Waals surface area contributed by atoms with Gasteiger partial charge < -0.3 is 14.1 Å². The van der Waals surface area contributed by atoms with Crippen LogP contribution < -0.4 is 4.74 Å². The highest BCUT2D eigenvalue weighted by molar-refractivity contribution is 5.77. The number of likely N-dealkylation sites (tertiary alicyclic amines) is 1. The van der Waals surface area contributed by atoms with Crippen LogP contribution in [0.5, 0.6) is 5.75 Å². The highest BCUT2D eigenvalue weighted by Gasteiger charge is 2.20. The lowest BCUT2D eigenvalue weighted by Crippen LogP contribution is -2.40. The van der Waals surface area contributed by atoms with E-state index in [2.05, 4.69) is 17.1 Å². The lowest BCUT2D eigenvalue weighted by Gasteiger charge is -2.30. The molecule has 0 radical (unpaired) electrons. The molecule has 1 aliphatic heterocycles. The summed E-state index contributed by atoms with van der Waals surface area (Å²) in [7, 11) is 0. The molecule has 0 saturated carbocycles. The second kappa shape index (κ2) is 7.47. The van der Waals surface area contributed by atoms with Crippen LogP contribution in [-0.4, -0.2) is 40.7 Å². The van der Waals surface area contributed by atoms with Crippen molar-refractivity contribution in [3.05, 3.63) is 30.2 Å². The lowest BCUT2D eigenvalue weighted by atomic mass is 9.99. The molecule has 2 heterocycles. The van der Waals surface area contributed by atoms with Gasteiger partial charge >= 0.3 is 0 Å². The van der Waals surface area contributed by atoms with Gasteiger partial charge in [-0.25, -0.2) is 0 Å². The minimum atomic E-state index is 0.0514. The van der Waals surface area contributed by atoms with Gasteiger partial charge in [0.15, 0.2) is 6.61 Å². The third kappa shape index (κ3) is 3.93. The van der Waals surface area contributed by atoms with Gasteiger partial charge in [-0.05, 0) is 43.0 Å². The monoisotopic (exact) mass is 329 g/mol. The molecular formula is C18H23N3O3. The van der Waals surface area contributed by atoms with Crippen LogP contribution in [0.15, 0.2) is 28.7 Å². The van der Waals surface area contributed by atoms with Gasteiger partial charge in [0.05, 0.1) is 0 Å². The molecule has 24 heavy (non-hydrogen) atoms. The zero-order valence-corrected chi connectivity index (χ0v) is 14.2. The summed E-state index contributed by atoms with van der Waals surface area (Å²) >= 11 is 0. The van der Waals surface area contributed by atoms with Gasteiger partial charge in [0, 0.05) is 25.1 Å². The number of aromatic nitrogens is 2. The number of benzene rings is 1. The third-order valence-electron chi connectivity index (χ3n) is 4.37. The average molecular weight is 329 g/mol.